The predicted octanol–water partition coefficient (Wildman–Crippen LogP) is 3.64. The molecule has 23 heavy (non-hydrogen) atoms. The van der Waals surface area contributed by atoms with Crippen molar-refractivity contribution < 1.29 is 41.0 Å². The third-order valence-electron chi connectivity index (χ3n) is 2.88. The molecule has 128 valence electrons. The summed E-state index contributed by atoms with van der Waals surface area (Å²) in [7, 11) is 0. The Bertz CT molecular complexity index is 619. The van der Waals surface area contributed by atoms with E-state index in [1.54, 1.807) is 29.5 Å². The van der Waals surface area contributed by atoms with Crippen LogP contribution in [0.4, 0.5) is 22.0 Å². The molecule has 1 aromatic rings. The number of carbonyl (C=O) groups excluding carboxylic acids is 2. The van der Waals surface area contributed by atoms with E-state index < -0.39 is 56.8 Å². The van der Waals surface area contributed by atoms with E-state index in [1.165, 1.54) is 6.92 Å². The van der Waals surface area contributed by atoms with Gasteiger partial charge in [-0.25, -0.2) is 26.7 Å². The van der Waals surface area contributed by atoms with Crippen LogP contribution in [0, 0.1) is 29.1 Å². The van der Waals surface area contributed by atoms with Crippen LogP contribution in [0.25, 0.3) is 0 Å². The summed E-state index contributed by atoms with van der Waals surface area (Å²) in [6, 6.07) is 0. The molecule has 0 bridgehead atoms. The summed E-state index contributed by atoms with van der Waals surface area (Å²) < 4.78 is 73.3. The maximum Gasteiger partial charge on any atom is 0.347 e. The molecular formula is C13H10F5IO4. The Balaban J connectivity index is 2.87. The van der Waals surface area contributed by atoms with Crippen LogP contribution in [-0.2, 0) is 14.3 Å². The summed E-state index contributed by atoms with van der Waals surface area (Å²) in [6.45, 7) is 2.19. The van der Waals surface area contributed by atoms with Gasteiger partial charge in [-0.2, -0.15) is 0 Å². The molecule has 1 rings (SSSR count). The fourth-order valence-corrected chi connectivity index (χ4v) is 1.44. The molecule has 0 fully saturated rings. The molecule has 0 saturated heterocycles. The first kappa shape index (κ1) is 19.6. The van der Waals surface area contributed by atoms with Gasteiger partial charge in [0, 0.05) is 0 Å². The highest BCUT2D eigenvalue weighted by molar-refractivity contribution is 14.1. The third kappa shape index (κ3) is 4.09. The number of hydrogen-bond acceptors (Lipinski definition) is 4. The molecule has 0 saturated carbocycles. The van der Waals surface area contributed by atoms with E-state index in [2.05, 4.69) is 9.47 Å². The SMILES string of the molecule is CCC(C)(I)C(=O)OCOC(=O)c1c(F)c(F)c(F)c(F)c1F. The highest BCUT2D eigenvalue weighted by Crippen LogP contribution is 2.25. The van der Waals surface area contributed by atoms with Gasteiger partial charge >= 0.3 is 11.9 Å². The molecule has 1 atom stereocenters. The number of esters is 2. The largest absolute Gasteiger partial charge is 0.427 e. The van der Waals surface area contributed by atoms with Crippen molar-refractivity contribution in [2.45, 2.75) is 23.7 Å². The fraction of sp³-hybridized carbons (Fsp3) is 0.385. The number of benzene rings is 1. The first-order valence-electron chi connectivity index (χ1n) is 6.09. The summed E-state index contributed by atoms with van der Waals surface area (Å²) in [5, 5.41) is 0. The minimum atomic E-state index is -2.40. The minimum Gasteiger partial charge on any atom is -0.427 e. The van der Waals surface area contributed by atoms with Gasteiger partial charge in [-0.3, -0.25) is 4.79 Å². The summed E-state index contributed by atoms with van der Waals surface area (Å²) in [5.41, 5.74) is -1.76. The summed E-state index contributed by atoms with van der Waals surface area (Å²) >= 11 is 1.78. The van der Waals surface area contributed by atoms with Crippen LogP contribution in [0.2, 0.25) is 0 Å². The lowest BCUT2D eigenvalue weighted by Gasteiger charge is -2.18. The molecule has 1 aromatic carbocycles. The number of hydrogen-bond donors (Lipinski definition) is 0. The zero-order valence-corrected chi connectivity index (χ0v) is 14.0. The second kappa shape index (κ2) is 7.41. The standard InChI is InChI=1S/C13H10F5IO4/c1-3-13(2,19)12(21)23-4-22-11(20)5-6(14)8(16)10(18)9(17)7(5)15/h3-4H2,1-2H3. The predicted molar refractivity (Wildman–Crippen MR) is 75.3 cm³/mol. The molecule has 0 aliphatic rings. The average Bonchev–Trinajstić information content (AvgIpc) is 2.51. The zero-order chi connectivity index (χ0) is 17.9. The van der Waals surface area contributed by atoms with Crippen LogP contribution >= 0.6 is 22.6 Å². The van der Waals surface area contributed by atoms with E-state index in [9.17, 15) is 31.5 Å². The second-order valence-corrected chi connectivity index (χ2v) is 6.86. The van der Waals surface area contributed by atoms with Crippen molar-refractivity contribution in [3.63, 3.8) is 0 Å². The Morgan fingerprint density at radius 3 is 1.83 bits per heavy atom. The van der Waals surface area contributed by atoms with Crippen LogP contribution in [0.3, 0.4) is 0 Å². The van der Waals surface area contributed by atoms with E-state index in [0.717, 1.165) is 0 Å². The molecule has 4 nitrogen and oxygen atoms in total. The molecular weight excluding hydrogens is 442 g/mol. The molecule has 0 amide bonds. The Morgan fingerprint density at radius 1 is 0.957 bits per heavy atom. The van der Waals surface area contributed by atoms with E-state index in [-0.39, 0.29) is 0 Å². The topological polar surface area (TPSA) is 52.6 Å². The van der Waals surface area contributed by atoms with Crippen molar-refractivity contribution >= 4 is 34.5 Å². The Morgan fingerprint density at radius 2 is 1.39 bits per heavy atom. The van der Waals surface area contributed by atoms with Crippen molar-refractivity contribution in [3.05, 3.63) is 34.6 Å². The van der Waals surface area contributed by atoms with Gasteiger partial charge in [0.1, 0.15) is 8.99 Å². The summed E-state index contributed by atoms with van der Waals surface area (Å²) in [6.07, 6.45) is 0.387. The molecule has 0 aliphatic heterocycles. The first-order chi connectivity index (χ1) is 10.5. The van der Waals surface area contributed by atoms with Gasteiger partial charge in [0.2, 0.25) is 12.6 Å². The van der Waals surface area contributed by atoms with Crippen LogP contribution < -0.4 is 0 Å². The van der Waals surface area contributed by atoms with Crippen LogP contribution in [-0.4, -0.2) is 22.2 Å². The van der Waals surface area contributed by atoms with Crippen LogP contribution in [0.5, 0.6) is 0 Å². The molecule has 0 spiro atoms. The van der Waals surface area contributed by atoms with Crippen molar-refractivity contribution in [1.82, 2.24) is 0 Å². The normalized spacial score (nSPS) is 13.4. The van der Waals surface area contributed by atoms with Crippen molar-refractivity contribution in [3.8, 4) is 0 Å². The Hall–Kier alpha value is -1.46. The average molecular weight is 452 g/mol. The smallest absolute Gasteiger partial charge is 0.347 e. The molecule has 10 heteroatoms. The zero-order valence-electron chi connectivity index (χ0n) is 11.8. The number of alkyl halides is 1. The number of ether oxygens (including phenoxy) is 2. The lowest BCUT2D eigenvalue weighted by molar-refractivity contribution is -0.154. The minimum absolute atomic E-state index is 0.387. The summed E-state index contributed by atoms with van der Waals surface area (Å²) in [5.74, 6) is -14.2. The van der Waals surface area contributed by atoms with Gasteiger partial charge in [-0.1, -0.05) is 29.5 Å². The molecule has 1 unspecified atom stereocenters. The molecule has 0 N–H and O–H groups in total. The van der Waals surface area contributed by atoms with E-state index in [0.29, 0.717) is 6.42 Å². The number of rotatable bonds is 5. The highest BCUT2D eigenvalue weighted by Gasteiger charge is 2.32. The lowest BCUT2D eigenvalue weighted by Crippen LogP contribution is -2.30. The maximum atomic E-state index is 13.4. The summed E-state index contributed by atoms with van der Waals surface area (Å²) in [4.78, 5) is 23.0. The molecule has 0 radical (unpaired) electrons. The van der Waals surface area contributed by atoms with Gasteiger partial charge in [0.25, 0.3) is 0 Å². The van der Waals surface area contributed by atoms with Gasteiger partial charge in [-0.05, 0) is 13.3 Å². The third-order valence-corrected chi connectivity index (χ3v) is 4.09. The lowest BCUT2D eigenvalue weighted by atomic mass is 10.1. The quantitative estimate of drug-likeness (QED) is 0.130. The van der Waals surface area contributed by atoms with Gasteiger partial charge in [0.15, 0.2) is 23.3 Å². The van der Waals surface area contributed by atoms with Crippen molar-refractivity contribution in [2.75, 3.05) is 6.79 Å². The molecule has 0 aliphatic carbocycles. The first-order valence-corrected chi connectivity index (χ1v) is 7.17. The van der Waals surface area contributed by atoms with Crippen LogP contribution in [0.1, 0.15) is 30.6 Å². The van der Waals surface area contributed by atoms with E-state index in [1.807, 2.05) is 0 Å². The van der Waals surface area contributed by atoms with Gasteiger partial charge < -0.3 is 9.47 Å². The van der Waals surface area contributed by atoms with Crippen molar-refractivity contribution in [2.24, 2.45) is 0 Å². The molecule has 0 heterocycles. The number of halogens is 6. The number of carbonyl (C=O) groups is 2. The van der Waals surface area contributed by atoms with Crippen LogP contribution in [0.15, 0.2) is 0 Å². The van der Waals surface area contributed by atoms with E-state index >= 15 is 0 Å². The fourth-order valence-electron chi connectivity index (χ4n) is 1.29. The Kier molecular flexibility index (Phi) is 6.31. The highest BCUT2D eigenvalue weighted by atomic mass is 127. The van der Waals surface area contributed by atoms with E-state index in [4.69, 9.17) is 0 Å². The second-order valence-electron chi connectivity index (χ2n) is 4.48. The van der Waals surface area contributed by atoms with Gasteiger partial charge in [0.05, 0.1) is 0 Å². The monoisotopic (exact) mass is 452 g/mol. The van der Waals surface area contributed by atoms with Gasteiger partial charge in [-0.15, -0.1) is 0 Å². The Labute approximate surface area is 141 Å². The van der Waals surface area contributed by atoms with Crippen molar-refractivity contribution in [1.29, 1.82) is 0 Å². The molecule has 0 aromatic heterocycles. The maximum absolute atomic E-state index is 13.4.